The monoisotopic (exact) mass is 980 g/mol. The van der Waals surface area contributed by atoms with E-state index in [1.807, 2.05) is 13.0 Å². The second-order valence-electron chi connectivity index (χ2n) is 22.4. The Hall–Kier alpha value is -2.86. The molecule has 0 aromatic carbocycles. The molecule has 19 atom stereocenters. The van der Waals surface area contributed by atoms with Crippen LogP contribution < -0.4 is 0 Å². The molecule has 0 amide bonds. The van der Waals surface area contributed by atoms with E-state index >= 15 is 0 Å². The van der Waals surface area contributed by atoms with Gasteiger partial charge >= 0.3 is 5.97 Å². The molecule has 0 saturated carbocycles. The maximum Gasteiger partial charge on any atom is 0.309 e. The van der Waals surface area contributed by atoms with Gasteiger partial charge in [0.05, 0.1) is 67.5 Å². The van der Waals surface area contributed by atoms with Crippen molar-refractivity contribution in [2.45, 2.75) is 235 Å². The van der Waals surface area contributed by atoms with Crippen molar-refractivity contribution in [3.05, 3.63) is 70.9 Å². The van der Waals surface area contributed by atoms with Crippen LogP contribution in [-0.2, 0) is 23.7 Å². The van der Waals surface area contributed by atoms with Gasteiger partial charge in [0, 0.05) is 42.9 Å². The highest BCUT2D eigenvalue weighted by Gasteiger charge is 2.49. The van der Waals surface area contributed by atoms with Crippen molar-refractivity contribution in [2.24, 2.45) is 28.2 Å². The minimum Gasteiger partial charge on any atom is -0.458 e. The first-order valence-electron chi connectivity index (χ1n) is 26.5. The Balaban J connectivity index is 1.24. The molecule has 0 spiro atoms. The number of esters is 1. The third-order valence-electron chi connectivity index (χ3n) is 16.8. The summed E-state index contributed by atoms with van der Waals surface area (Å²) in [7, 11) is 0. The highest BCUT2D eigenvalue weighted by molar-refractivity contribution is 5.92. The van der Waals surface area contributed by atoms with Gasteiger partial charge in [0.25, 0.3) is 0 Å². The molecule has 9 bridgehead atoms. The Morgan fingerprint density at radius 1 is 0.714 bits per heavy atom. The number of aliphatic hydroxyl groups excluding tert-OH is 8. The lowest BCUT2D eigenvalue weighted by Crippen LogP contribution is -2.51. The van der Waals surface area contributed by atoms with Crippen molar-refractivity contribution < 1.29 is 64.6 Å². The summed E-state index contributed by atoms with van der Waals surface area (Å²) in [6.07, 6.45) is 6.63. The molecule has 70 heavy (non-hydrogen) atoms. The maximum absolute atomic E-state index is 13.8. The molecule has 14 nitrogen and oxygen atoms in total. The Kier molecular flexibility index (Phi) is 19.2. The molecule has 8 N–H and O–H groups in total. The summed E-state index contributed by atoms with van der Waals surface area (Å²) in [5, 5.41) is 89.2. The predicted molar refractivity (Wildman–Crippen MR) is 267 cm³/mol. The molecule has 0 radical (unpaired) electrons. The molecule has 0 aromatic heterocycles. The van der Waals surface area contributed by atoms with Gasteiger partial charge in [-0.1, -0.05) is 73.1 Å². The number of hydrogen-bond acceptors (Lipinski definition) is 14. The molecule has 6 heterocycles. The summed E-state index contributed by atoms with van der Waals surface area (Å²) >= 11 is 0. The van der Waals surface area contributed by atoms with Gasteiger partial charge in [-0.25, -0.2) is 0 Å². The lowest BCUT2D eigenvalue weighted by molar-refractivity contribution is -0.190. The molecule has 6 aliphatic heterocycles. The number of rotatable bonds is 0. The molecule has 1 aliphatic carbocycles. The van der Waals surface area contributed by atoms with Crippen LogP contribution in [0.2, 0.25) is 0 Å². The van der Waals surface area contributed by atoms with Crippen molar-refractivity contribution in [3.63, 3.8) is 0 Å². The standard InChI is InChI=1S/C56H85NO13/c1-31-9-8-12-50-56(6)37(19-20-57-50)24-36-25-40-27-43(59)53(65)47(67-40)11-7-10-32(2)22-45(61)55-46(62)28-41(69-55)29-51(63)68-39(21-33(3)13-15-34(4)42(56)26-36)23-35(5)52(64)49-30-44(60)54(66)48(70-49)18-17-38(58)16-14-31/h9,14-16,23,26,33,37-49,52-55,58-62,64-66H,2,7-8,10-13,17-22,24-25,27-30H2,1,3-6H3/b16-14+,31-9+,34-15?,35-23+. The second-order valence-corrected chi connectivity index (χ2v) is 22.4. The van der Waals surface area contributed by atoms with E-state index in [-0.39, 0.29) is 61.9 Å². The van der Waals surface area contributed by atoms with Crippen LogP contribution in [-0.4, -0.2) is 151 Å². The summed E-state index contributed by atoms with van der Waals surface area (Å²) in [6.45, 7) is 15.4. The van der Waals surface area contributed by atoms with E-state index < -0.39 is 91.4 Å². The Bertz CT molecular complexity index is 1990. The number of hydrogen-bond donors (Lipinski definition) is 8. The molecule has 0 aromatic rings. The van der Waals surface area contributed by atoms with E-state index in [1.54, 1.807) is 19.1 Å². The van der Waals surface area contributed by atoms with E-state index in [4.69, 9.17) is 23.9 Å². The fourth-order valence-electron chi connectivity index (χ4n) is 12.6. The average Bonchev–Trinajstić information content (AvgIpc) is 3.67. The van der Waals surface area contributed by atoms with E-state index in [9.17, 15) is 45.6 Å². The van der Waals surface area contributed by atoms with Gasteiger partial charge in [-0.05, 0) is 128 Å². The Labute approximate surface area is 415 Å². The van der Waals surface area contributed by atoms with Gasteiger partial charge in [0.1, 0.15) is 30.5 Å². The molecule has 3 saturated heterocycles. The summed E-state index contributed by atoms with van der Waals surface area (Å²) in [5.74, 6) is -0.212. The fraction of sp³-hybridized carbons (Fsp3) is 0.750. The summed E-state index contributed by atoms with van der Waals surface area (Å²) in [4.78, 5) is 19.1. The number of fused-ring (bicyclic) bond motifs is 10. The highest BCUT2D eigenvalue weighted by Crippen LogP contribution is 2.53. The molecule has 7 rings (SSSR count). The van der Waals surface area contributed by atoms with Crippen LogP contribution >= 0.6 is 0 Å². The SMILES string of the molecule is C=C1CCCC2OC(CC3=CC4C(C)=CCC(C)CC(/C=C(\C)C(O)C5CC(O)C(O)C(CCC(O)/C=C/C(C)=C/CCC6=NCCC(C3)C64C)O5)OC(=O)CC3CC(O)C(O3)C(O)C1)CC(O)C2O. The Morgan fingerprint density at radius 2 is 1.43 bits per heavy atom. The molecule has 3 fully saturated rings. The van der Waals surface area contributed by atoms with E-state index in [2.05, 4.69) is 45.6 Å². The van der Waals surface area contributed by atoms with Crippen LogP contribution in [0.5, 0.6) is 0 Å². The number of ether oxygens (including phenoxy) is 4. The number of carbonyl (C=O) groups is 1. The number of aliphatic hydroxyl groups is 8. The quantitative estimate of drug-likeness (QED) is 0.104. The summed E-state index contributed by atoms with van der Waals surface area (Å²) < 4.78 is 25.2. The fourth-order valence-corrected chi connectivity index (χ4v) is 12.6. The highest BCUT2D eigenvalue weighted by atomic mass is 16.6. The van der Waals surface area contributed by atoms with Crippen molar-refractivity contribution >= 4 is 11.7 Å². The summed E-state index contributed by atoms with van der Waals surface area (Å²) in [6, 6.07) is 0. The second kappa shape index (κ2) is 24.4. The largest absolute Gasteiger partial charge is 0.458 e. The smallest absolute Gasteiger partial charge is 0.309 e. The van der Waals surface area contributed by atoms with Crippen LogP contribution in [0.4, 0.5) is 0 Å². The van der Waals surface area contributed by atoms with Gasteiger partial charge < -0.3 is 59.8 Å². The van der Waals surface area contributed by atoms with E-state index in [0.717, 1.165) is 43.4 Å². The third kappa shape index (κ3) is 13.6. The predicted octanol–water partition coefficient (Wildman–Crippen LogP) is 5.97. The van der Waals surface area contributed by atoms with E-state index in [0.29, 0.717) is 56.4 Å². The van der Waals surface area contributed by atoms with Crippen molar-refractivity contribution in [1.82, 2.24) is 0 Å². The van der Waals surface area contributed by atoms with Crippen LogP contribution in [0.25, 0.3) is 0 Å². The minimum absolute atomic E-state index is 0.00152. The zero-order chi connectivity index (χ0) is 50.4. The first-order valence-corrected chi connectivity index (χ1v) is 26.5. The number of allylic oxidation sites excluding steroid dienone is 6. The van der Waals surface area contributed by atoms with Gasteiger partial charge in [0.2, 0.25) is 0 Å². The number of carbonyl (C=O) groups excluding carboxylic acids is 1. The molecular weight excluding hydrogens is 895 g/mol. The number of aliphatic imine (C=N–C) groups is 1. The zero-order valence-electron chi connectivity index (χ0n) is 42.4. The third-order valence-corrected chi connectivity index (χ3v) is 16.8. The first-order chi connectivity index (χ1) is 33.3. The van der Waals surface area contributed by atoms with Crippen LogP contribution in [0.15, 0.2) is 75.9 Å². The molecular formula is C56H85NO13. The topological polar surface area (TPSA) is 228 Å². The average molecular weight is 980 g/mol. The van der Waals surface area contributed by atoms with Crippen LogP contribution in [0.1, 0.15) is 144 Å². The maximum atomic E-state index is 13.8. The number of nitrogens with zero attached hydrogens (tertiary/aromatic N) is 1. The Morgan fingerprint density at radius 3 is 2.20 bits per heavy atom. The van der Waals surface area contributed by atoms with Gasteiger partial charge in [-0.15, -0.1) is 0 Å². The molecule has 7 aliphatic rings. The normalized spacial score (nSPS) is 45.7. The van der Waals surface area contributed by atoms with Crippen molar-refractivity contribution in [2.75, 3.05) is 6.54 Å². The molecule has 392 valence electrons. The summed E-state index contributed by atoms with van der Waals surface area (Å²) in [5.41, 5.74) is 5.66. The van der Waals surface area contributed by atoms with Crippen molar-refractivity contribution in [3.8, 4) is 0 Å². The van der Waals surface area contributed by atoms with Gasteiger partial charge in [0.15, 0.2) is 0 Å². The van der Waals surface area contributed by atoms with Gasteiger partial charge in [-0.3, -0.25) is 9.79 Å². The van der Waals surface area contributed by atoms with Crippen LogP contribution in [0.3, 0.4) is 0 Å². The lowest BCUT2D eigenvalue weighted by atomic mass is 9.55. The zero-order valence-corrected chi connectivity index (χ0v) is 42.4. The van der Waals surface area contributed by atoms with Crippen LogP contribution in [0, 0.1) is 23.2 Å². The minimum atomic E-state index is -1.20. The molecule has 14 heteroatoms. The van der Waals surface area contributed by atoms with Crippen molar-refractivity contribution in [1.29, 1.82) is 0 Å². The molecule has 19 unspecified atom stereocenters. The first kappa shape index (κ1) is 54.9. The van der Waals surface area contributed by atoms with Gasteiger partial charge in [-0.2, -0.15) is 0 Å². The van der Waals surface area contributed by atoms with E-state index in [1.165, 1.54) is 16.9 Å². The lowest BCUT2D eigenvalue weighted by Gasteiger charge is -2.50.